The molecule has 0 aromatic heterocycles. The molecular weight excluding hydrogens is 406 g/mol. The molecule has 0 spiro atoms. The summed E-state index contributed by atoms with van der Waals surface area (Å²) in [5.74, 6) is -0.121. The van der Waals surface area contributed by atoms with Crippen molar-refractivity contribution >= 4 is 23.1 Å². The third-order valence-corrected chi connectivity index (χ3v) is 6.10. The monoisotopic (exact) mass is 431 g/mol. The van der Waals surface area contributed by atoms with Gasteiger partial charge < -0.3 is 10.0 Å². The van der Waals surface area contributed by atoms with E-state index >= 15 is 0 Å². The molecule has 1 amide bonds. The number of rotatable bonds is 5. The first-order chi connectivity index (χ1) is 14.8. The van der Waals surface area contributed by atoms with E-state index < -0.39 is 0 Å². The predicted molar refractivity (Wildman–Crippen MR) is 126 cm³/mol. The molecule has 4 rings (SSSR count). The van der Waals surface area contributed by atoms with Crippen LogP contribution in [0.2, 0.25) is 5.02 Å². The van der Waals surface area contributed by atoms with Gasteiger partial charge in [0, 0.05) is 17.1 Å². The molecule has 3 aromatic rings. The van der Waals surface area contributed by atoms with Crippen LogP contribution in [-0.4, -0.2) is 15.9 Å². The minimum Gasteiger partial charge on any atom is -0.503 e. The Morgan fingerprint density at radius 2 is 1.55 bits per heavy atom. The summed E-state index contributed by atoms with van der Waals surface area (Å²) in [5.41, 5.74) is 5.81. The van der Waals surface area contributed by atoms with Crippen LogP contribution in [0, 0.1) is 6.92 Å². The summed E-state index contributed by atoms with van der Waals surface area (Å²) < 4.78 is 0. The maximum atomic E-state index is 13.2. The molecule has 1 aliphatic rings. The summed E-state index contributed by atoms with van der Waals surface area (Å²) in [6.45, 7) is 6.72. The first-order valence-corrected chi connectivity index (χ1v) is 10.9. The molecule has 1 aliphatic heterocycles. The van der Waals surface area contributed by atoms with E-state index in [9.17, 15) is 9.90 Å². The van der Waals surface area contributed by atoms with Gasteiger partial charge in [-0.15, -0.1) is 0 Å². The van der Waals surface area contributed by atoms with E-state index in [0.29, 0.717) is 23.1 Å². The second kappa shape index (κ2) is 8.60. The molecule has 31 heavy (non-hydrogen) atoms. The van der Waals surface area contributed by atoms with Crippen LogP contribution in [0.3, 0.4) is 0 Å². The van der Waals surface area contributed by atoms with Crippen molar-refractivity contribution in [1.82, 2.24) is 4.90 Å². The van der Waals surface area contributed by atoms with Gasteiger partial charge in [0.25, 0.3) is 5.91 Å². The Bertz CT molecular complexity index is 1110. The van der Waals surface area contributed by atoms with Gasteiger partial charge in [0.15, 0.2) is 5.76 Å². The van der Waals surface area contributed by atoms with E-state index in [1.54, 1.807) is 4.90 Å². The molecule has 0 aliphatic carbocycles. The van der Waals surface area contributed by atoms with Crippen molar-refractivity contribution in [3.8, 4) is 0 Å². The highest BCUT2D eigenvalue weighted by Gasteiger charge is 2.40. The Labute approximate surface area is 188 Å². The van der Waals surface area contributed by atoms with Crippen molar-refractivity contribution in [3.63, 3.8) is 0 Å². The second-order valence-corrected chi connectivity index (χ2v) is 8.85. The number of nitrogens with zero attached hydrogens (tertiary/aromatic N) is 1. The lowest BCUT2D eigenvalue weighted by molar-refractivity contribution is -0.130. The number of carbonyl (C=O) groups excluding carboxylic acids is 1. The number of aliphatic hydroxyl groups is 1. The van der Waals surface area contributed by atoms with Crippen LogP contribution in [0.4, 0.5) is 0 Å². The predicted octanol–water partition coefficient (Wildman–Crippen LogP) is 6.82. The standard InChI is InChI=1S/C27H26ClNO2/c1-17(2)20-10-12-22(13-11-20)25-24(21-8-4-18(3)5-9-21)26(30)27(31)29(25)16-19-6-14-23(28)15-7-19/h4-15,17,25,30H,16H2,1-3H3. The van der Waals surface area contributed by atoms with Crippen LogP contribution < -0.4 is 0 Å². The summed E-state index contributed by atoms with van der Waals surface area (Å²) >= 11 is 6.03. The number of amides is 1. The van der Waals surface area contributed by atoms with Crippen molar-refractivity contribution < 1.29 is 9.90 Å². The van der Waals surface area contributed by atoms with E-state index in [0.717, 1.165) is 22.3 Å². The van der Waals surface area contributed by atoms with Gasteiger partial charge in [-0.05, 0) is 47.2 Å². The van der Waals surface area contributed by atoms with Crippen molar-refractivity contribution in [2.24, 2.45) is 0 Å². The third kappa shape index (κ3) is 4.24. The molecule has 1 N–H and O–H groups in total. The molecule has 3 nitrogen and oxygen atoms in total. The largest absolute Gasteiger partial charge is 0.503 e. The van der Waals surface area contributed by atoms with Gasteiger partial charge in [-0.1, -0.05) is 91.7 Å². The normalized spacial score (nSPS) is 16.5. The van der Waals surface area contributed by atoms with Gasteiger partial charge in [-0.2, -0.15) is 0 Å². The number of halogens is 1. The van der Waals surface area contributed by atoms with Gasteiger partial charge in [0.1, 0.15) is 0 Å². The fourth-order valence-electron chi connectivity index (χ4n) is 4.04. The van der Waals surface area contributed by atoms with Gasteiger partial charge in [0.05, 0.1) is 6.04 Å². The molecule has 1 atom stereocenters. The Morgan fingerprint density at radius 3 is 2.13 bits per heavy atom. The van der Waals surface area contributed by atoms with Gasteiger partial charge in [0.2, 0.25) is 0 Å². The van der Waals surface area contributed by atoms with Crippen LogP contribution in [0.25, 0.3) is 5.57 Å². The highest BCUT2D eigenvalue weighted by atomic mass is 35.5. The number of carbonyl (C=O) groups is 1. The Balaban J connectivity index is 1.79. The lowest BCUT2D eigenvalue weighted by Gasteiger charge is -2.28. The van der Waals surface area contributed by atoms with Crippen LogP contribution in [0.15, 0.2) is 78.6 Å². The highest BCUT2D eigenvalue weighted by Crippen LogP contribution is 2.44. The maximum absolute atomic E-state index is 13.2. The maximum Gasteiger partial charge on any atom is 0.290 e. The second-order valence-electron chi connectivity index (χ2n) is 8.41. The molecule has 158 valence electrons. The molecule has 0 saturated heterocycles. The quantitative estimate of drug-likeness (QED) is 0.481. The van der Waals surface area contributed by atoms with Crippen molar-refractivity contribution in [2.45, 2.75) is 39.3 Å². The number of benzene rings is 3. The summed E-state index contributed by atoms with van der Waals surface area (Å²) in [6, 6.07) is 23.4. The molecule has 1 unspecified atom stereocenters. The average Bonchev–Trinajstić information content (AvgIpc) is 3.01. The van der Waals surface area contributed by atoms with E-state index in [-0.39, 0.29) is 17.7 Å². The molecule has 4 heteroatoms. The Hall–Kier alpha value is -3.04. The van der Waals surface area contributed by atoms with E-state index in [4.69, 9.17) is 11.6 Å². The number of aryl methyl sites for hydroxylation is 1. The van der Waals surface area contributed by atoms with E-state index in [1.807, 2.05) is 55.5 Å². The van der Waals surface area contributed by atoms with Crippen LogP contribution in [0.5, 0.6) is 0 Å². The molecule has 1 heterocycles. The first kappa shape index (κ1) is 21.2. The summed E-state index contributed by atoms with van der Waals surface area (Å²) in [6.07, 6.45) is 0. The van der Waals surface area contributed by atoms with Crippen LogP contribution in [0.1, 0.15) is 53.6 Å². The highest BCUT2D eigenvalue weighted by molar-refractivity contribution is 6.30. The molecule has 0 bridgehead atoms. The minimum atomic E-state index is -0.368. The fourth-order valence-corrected chi connectivity index (χ4v) is 4.17. The molecule has 3 aromatic carbocycles. The van der Waals surface area contributed by atoms with Gasteiger partial charge >= 0.3 is 0 Å². The first-order valence-electron chi connectivity index (χ1n) is 10.5. The van der Waals surface area contributed by atoms with Crippen molar-refractivity contribution in [2.75, 3.05) is 0 Å². The SMILES string of the molecule is Cc1ccc(C2=C(O)C(=O)N(Cc3ccc(Cl)cc3)C2c2ccc(C(C)C)cc2)cc1. The molecule has 0 saturated carbocycles. The third-order valence-electron chi connectivity index (χ3n) is 5.85. The number of hydrogen-bond donors (Lipinski definition) is 1. The summed E-state index contributed by atoms with van der Waals surface area (Å²) in [7, 11) is 0. The Kier molecular flexibility index (Phi) is 5.88. The van der Waals surface area contributed by atoms with Gasteiger partial charge in [-0.3, -0.25) is 4.79 Å². The summed E-state index contributed by atoms with van der Waals surface area (Å²) in [4.78, 5) is 14.9. The topological polar surface area (TPSA) is 40.5 Å². The lowest BCUT2D eigenvalue weighted by atomic mass is 9.91. The van der Waals surface area contributed by atoms with Crippen molar-refractivity contribution in [3.05, 3.63) is 111 Å². The van der Waals surface area contributed by atoms with Crippen molar-refractivity contribution in [1.29, 1.82) is 0 Å². The summed E-state index contributed by atoms with van der Waals surface area (Å²) in [5, 5.41) is 11.6. The van der Waals surface area contributed by atoms with Crippen LogP contribution in [-0.2, 0) is 11.3 Å². The smallest absolute Gasteiger partial charge is 0.290 e. The number of aliphatic hydroxyl groups excluding tert-OH is 1. The van der Waals surface area contributed by atoms with E-state index in [2.05, 4.69) is 38.1 Å². The zero-order chi connectivity index (χ0) is 22.1. The van der Waals surface area contributed by atoms with E-state index in [1.165, 1.54) is 5.56 Å². The minimum absolute atomic E-state index is 0.184. The zero-order valence-electron chi connectivity index (χ0n) is 18.0. The molecular formula is C27H26ClNO2. The fraction of sp³-hybridized carbons (Fsp3) is 0.222. The molecule has 0 radical (unpaired) electrons. The molecule has 0 fully saturated rings. The lowest BCUT2D eigenvalue weighted by Crippen LogP contribution is -2.29. The van der Waals surface area contributed by atoms with Crippen LogP contribution >= 0.6 is 11.6 Å². The average molecular weight is 432 g/mol. The number of hydrogen-bond acceptors (Lipinski definition) is 2. The Morgan fingerprint density at radius 1 is 0.935 bits per heavy atom. The zero-order valence-corrected chi connectivity index (χ0v) is 18.7. The van der Waals surface area contributed by atoms with Gasteiger partial charge in [-0.25, -0.2) is 0 Å².